The molecule has 6 nitrogen and oxygen atoms in total. The summed E-state index contributed by atoms with van der Waals surface area (Å²) in [5.74, 6) is -0.0300. The minimum atomic E-state index is -0.361. The van der Waals surface area contributed by atoms with Crippen LogP contribution < -0.4 is 15.5 Å². The van der Waals surface area contributed by atoms with Crippen LogP contribution in [0.5, 0.6) is 0 Å². The maximum absolute atomic E-state index is 12.2. The van der Waals surface area contributed by atoms with Crippen LogP contribution in [0.4, 0.5) is 15.6 Å². The molecule has 132 valence electrons. The van der Waals surface area contributed by atoms with Crippen LogP contribution in [0.3, 0.4) is 0 Å². The summed E-state index contributed by atoms with van der Waals surface area (Å²) in [5.41, 5.74) is 1.62. The monoisotopic (exact) mass is 386 g/mol. The molecular formula is C18H15ClN4O2S. The van der Waals surface area contributed by atoms with E-state index in [2.05, 4.69) is 15.6 Å². The third-order valence-corrected chi connectivity index (χ3v) is 5.32. The van der Waals surface area contributed by atoms with Crippen LogP contribution in [0.15, 0.2) is 48.5 Å². The summed E-state index contributed by atoms with van der Waals surface area (Å²) in [6, 6.07) is 14.1. The summed E-state index contributed by atoms with van der Waals surface area (Å²) in [7, 11) is 0. The molecule has 0 spiro atoms. The van der Waals surface area contributed by atoms with E-state index in [1.165, 1.54) is 11.3 Å². The van der Waals surface area contributed by atoms with Crippen LogP contribution >= 0.6 is 22.9 Å². The summed E-state index contributed by atoms with van der Waals surface area (Å²) in [6.07, 6.45) is 0.260. The van der Waals surface area contributed by atoms with E-state index in [1.54, 1.807) is 29.2 Å². The summed E-state index contributed by atoms with van der Waals surface area (Å²) in [5, 5.41) is 6.73. The van der Waals surface area contributed by atoms with E-state index in [9.17, 15) is 9.59 Å². The molecule has 3 amide bonds. The number of halogens is 1. The lowest BCUT2D eigenvalue weighted by atomic mass is 10.2. The third kappa shape index (κ3) is 3.49. The molecule has 2 N–H and O–H groups in total. The Balaban J connectivity index is 1.38. The summed E-state index contributed by atoms with van der Waals surface area (Å²) in [4.78, 5) is 30.5. The second kappa shape index (κ2) is 6.93. The molecule has 1 unspecified atom stereocenters. The average molecular weight is 387 g/mol. The second-order valence-corrected chi connectivity index (χ2v) is 7.43. The molecule has 8 heteroatoms. The van der Waals surface area contributed by atoms with E-state index >= 15 is 0 Å². The quantitative estimate of drug-likeness (QED) is 0.717. The first-order chi connectivity index (χ1) is 12.6. The predicted octanol–water partition coefficient (Wildman–Crippen LogP) is 3.88. The van der Waals surface area contributed by atoms with Gasteiger partial charge in [0.15, 0.2) is 5.13 Å². The van der Waals surface area contributed by atoms with Crippen LogP contribution in [0.1, 0.15) is 6.42 Å². The fraction of sp³-hybridized carbons (Fsp3) is 0.167. The molecule has 1 aliphatic rings. The van der Waals surface area contributed by atoms with Crippen molar-refractivity contribution in [2.45, 2.75) is 12.5 Å². The molecule has 4 rings (SSSR count). The number of thiazole rings is 1. The van der Waals surface area contributed by atoms with E-state index in [1.807, 2.05) is 24.3 Å². The minimum Gasteiger partial charge on any atom is -0.333 e. The summed E-state index contributed by atoms with van der Waals surface area (Å²) in [6.45, 7) is 0.424. The lowest BCUT2D eigenvalue weighted by Gasteiger charge is -2.17. The first kappa shape index (κ1) is 16.8. The van der Waals surface area contributed by atoms with Gasteiger partial charge in [-0.3, -0.25) is 10.1 Å². The Bertz CT molecular complexity index is 940. The number of nitrogens with zero attached hydrogens (tertiary/aromatic N) is 2. The largest absolute Gasteiger partial charge is 0.333 e. The highest BCUT2D eigenvalue weighted by Gasteiger charge is 2.31. The maximum atomic E-state index is 12.2. The van der Waals surface area contributed by atoms with Crippen LogP contribution in [-0.2, 0) is 4.79 Å². The SMILES string of the molecule is O=C(Nc1nc2ccccc2s1)NC1CC(=O)N(c2ccc(Cl)cc2)C1. The van der Waals surface area contributed by atoms with Crippen molar-refractivity contribution in [3.63, 3.8) is 0 Å². The summed E-state index contributed by atoms with van der Waals surface area (Å²) < 4.78 is 1.01. The number of rotatable bonds is 3. The first-order valence-corrected chi connectivity index (χ1v) is 9.27. The van der Waals surface area contributed by atoms with Gasteiger partial charge in [0, 0.05) is 23.7 Å². The Morgan fingerprint density at radius 2 is 1.96 bits per heavy atom. The van der Waals surface area contributed by atoms with Crippen LogP contribution in [-0.4, -0.2) is 29.5 Å². The Hall–Kier alpha value is -2.64. The van der Waals surface area contributed by atoms with Gasteiger partial charge in [-0.1, -0.05) is 35.1 Å². The van der Waals surface area contributed by atoms with E-state index in [0.29, 0.717) is 16.7 Å². The van der Waals surface area contributed by atoms with E-state index in [-0.39, 0.29) is 24.4 Å². The van der Waals surface area contributed by atoms with Gasteiger partial charge in [0.1, 0.15) is 0 Å². The Morgan fingerprint density at radius 1 is 1.19 bits per heavy atom. The van der Waals surface area contributed by atoms with Gasteiger partial charge in [0.25, 0.3) is 0 Å². The van der Waals surface area contributed by atoms with Crippen molar-refractivity contribution in [3.8, 4) is 0 Å². The predicted molar refractivity (Wildman–Crippen MR) is 104 cm³/mol. The number of amides is 3. The fourth-order valence-corrected chi connectivity index (χ4v) is 3.91. The highest BCUT2D eigenvalue weighted by molar-refractivity contribution is 7.22. The molecule has 0 bridgehead atoms. The number of benzene rings is 2. The number of hydrogen-bond donors (Lipinski definition) is 2. The number of nitrogens with one attached hydrogen (secondary N) is 2. The van der Waals surface area contributed by atoms with Crippen molar-refractivity contribution in [2.24, 2.45) is 0 Å². The molecule has 1 fully saturated rings. The van der Waals surface area contributed by atoms with Crippen molar-refractivity contribution in [1.29, 1.82) is 0 Å². The molecule has 3 aromatic rings. The van der Waals surface area contributed by atoms with Gasteiger partial charge in [0.2, 0.25) is 5.91 Å². The van der Waals surface area contributed by atoms with Crippen molar-refractivity contribution in [2.75, 3.05) is 16.8 Å². The smallest absolute Gasteiger partial charge is 0.321 e. The fourth-order valence-electron chi connectivity index (χ4n) is 2.92. The number of carbonyl (C=O) groups is 2. The zero-order valence-electron chi connectivity index (χ0n) is 13.6. The molecule has 0 aliphatic carbocycles. The number of para-hydroxylation sites is 1. The molecule has 1 saturated heterocycles. The Morgan fingerprint density at radius 3 is 2.73 bits per heavy atom. The first-order valence-electron chi connectivity index (χ1n) is 8.07. The molecule has 2 heterocycles. The van der Waals surface area contributed by atoms with Gasteiger partial charge in [-0.2, -0.15) is 0 Å². The number of urea groups is 1. The number of aromatic nitrogens is 1. The molecule has 0 saturated carbocycles. The van der Waals surface area contributed by atoms with E-state index in [0.717, 1.165) is 15.9 Å². The van der Waals surface area contributed by atoms with Crippen molar-refractivity contribution < 1.29 is 9.59 Å². The van der Waals surface area contributed by atoms with Gasteiger partial charge in [-0.15, -0.1) is 0 Å². The maximum Gasteiger partial charge on any atom is 0.321 e. The zero-order chi connectivity index (χ0) is 18.1. The third-order valence-electron chi connectivity index (χ3n) is 4.11. The van der Waals surface area contributed by atoms with Gasteiger partial charge in [0.05, 0.1) is 16.3 Å². The molecule has 1 aromatic heterocycles. The normalized spacial score (nSPS) is 16.9. The highest BCUT2D eigenvalue weighted by Crippen LogP contribution is 2.26. The van der Waals surface area contributed by atoms with Crippen molar-refractivity contribution >= 4 is 55.9 Å². The lowest BCUT2D eigenvalue weighted by molar-refractivity contribution is -0.117. The average Bonchev–Trinajstić information content (AvgIpc) is 3.18. The molecule has 1 aliphatic heterocycles. The van der Waals surface area contributed by atoms with E-state index in [4.69, 9.17) is 11.6 Å². The number of anilines is 2. The van der Waals surface area contributed by atoms with Crippen LogP contribution in [0, 0.1) is 0 Å². The van der Waals surface area contributed by atoms with Crippen LogP contribution in [0.2, 0.25) is 5.02 Å². The zero-order valence-corrected chi connectivity index (χ0v) is 15.2. The Kier molecular flexibility index (Phi) is 4.48. The number of hydrogen-bond acceptors (Lipinski definition) is 4. The molecule has 1 atom stereocenters. The van der Waals surface area contributed by atoms with Crippen molar-refractivity contribution in [3.05, 3.63) is 53.6 Å². The summed E-state index contributed by atoms with van der Waals surface area (Å²) >= 11 is 7.29. The van der Waals surface area contributed by atoms with Gasteiger partial charge >= 0.3 is 6.03 Å². The topological polar surface area (TPSA) is 74.3 Å². The lowest BCUT2D eigenvalue weighted by Crippen LogP contribution is -2.39. The molecule has 2 aromatic carbocycles. The Labute approximate surface area is 158 Å². The number of carbonyl (C=O) groups excluding carboxylic acids is 2. The second-order valence-electron chi connectivity index (χ2n) is 5.97. The molecule has 26 heavy (non-hydrogen) atoms. The molecular weight excluding hydrogens is 372 g/mol. The highest BCUT2D eigenvalue weighted by atomic mass is 35.5. The standard InChI is InChI=1S/C18H15ClN4O2S/c19-11-5-7-13(8-6-11)23-10-12(9-16(23)24)20-17(25)22-18-21-14-3-1-2-4-15(14)26-18/h1-8,12H,9-10H2,(H2,20,21,22,25). The van der Waals surface area contributed by atoms with Gasteiger partial charge in [-0.05, 0) is 36.4 Å². The molecule has 0 radical (unpaired) electrons. The van der Waals surface area contributed by atoms with E-state index < -0.39 is 0 Å². The minimum absolute atomic E-state index is 0.0300. The number of fused-ring (bicyclic) bond motifs is 1. The van der Waals surface area contributed by atoms with Crippen LogP contribution in [0.25, 0.3) is 10.2 Å². The van der Waals surface area contributed by atoms with Gasteiger partial charge in [-0.25, -0.2) is 9.78 Å². The van der Waals surface area contributed by atoms with Crippen molar-refractivity contribution in [1.82, 2.24) is 10.3 Å². The van der Waals surface area contributed by atoms with Gasteiger partial charge < -0.3 is 10.2 Å².